The minimum absolute atomic E-state index is 0.270. The molecule has 2 heterocycles. The van der Waals surface area contributed by atoms with Gasteiger partial charge >= 0.3 is 0 Å². The maximum absolute atomic E-state index is 12.6. The number of methoxy groups -OCH3 is 1. The highest BCUT2D eigenvalue weighted by molar-refractivity contribution is 7.20. The molecule has 0 saturated heterocycles. The number of para-hydroxylation sites is 1. The molecule has 4 rings (SSSR count). The van der Waals surface area contributed by atoms with Crippen molar-refractivity contribution in [2.45, 2.75) is 6.92 Å². The van der Waals surface area contributed by atoms with Crippen LogP contribution in [0.2, 0.25) is 5.02 Å². The minimum atomic E-state index is -0.308. The van der Waals surface area contributed by atoms with Crippen LogP contribution in [0.5, 0.6) is 5.75 Å². The Labute approximate surface area is 197 Å². The Hall–Kier alpha value is -3.27. The van der Waals surface area contributed by atoms with E-state index in [0.29, 0.717) is 37.9 Å². The van der Waals surface area contributed by atoms with Gasteiger partial charge in [-0.15, -0.1) is 11.3 Å². The third kappa shape index (κ3) is 4.80. The summed E-state index contributed by atoms with van der Waals surface area (Å²) in [7, 11) is 1.52. The number of ether oxygens (including phenoxy) is 1. The molecule has 32 heavy (non-hydrogen) atoms. The lowest BCUT2D eigenvalue weighted by molar-refractivity contribution is 0.101. The van der Waals surface area contributed by atoms with Gasteiger partial charge in [-0.2, -0.15) is 0 Å². The Bertz CT molecular complexity index is 1280. The topological polar surface area (TPSA) is 93.2 Å². The summed E-state index contributed by atoms with van der Waals surface area (Å²) in [4.78, 5) is 34.8. The van der Waals surface area contributed by atoms with Gasteiger partial charge in [-0.05, 0) is 43.3 Å². The van der Waals surface area contributed by atoms with Crippen molar-refractivity contribution in [3.05, 3.63) is 75.8 Å². The third-order valence-electron chi connectivity index (χ3n) is 4.43. The number of aryl methyl sites for hydroxylation is 1. The molecule has 0 radical (unpaired) electrons. The molecule has 0 aliphatic rings. The number of thiazole rings is 2. The van der Waals surface area contributed by atoms with Gasteiger partial charge in [0.25, 0.3) is 11.8 Å². The van der Waals surface area contributed by atoms with Crippen LogP contribution < -0.4 is 15.4 Å². The van der Waals surface area contributed by atoms with Crippen LogP contribution in [-0.2, 0) is 0 Å². The first-order chi connectivity index (χ1) is 15.4. The maximum atomic E-state index is 12.6. The van der Waals surface area contributed by atoms with E-state index in [9.17, 15) is 9.59 Å². The number of halogens is 1. The Kier molecular flexibility index (Phi) is 6.50. The second-order valence-electron chi connectivity index (χ2n) is 6.59. The van der Waals surface area contributed by atoms with E-state index in [1.54, 1.807) is 48.5 Å². The first-order valence-corrected chi connectivity index (χ1v) is 11.5. The van der Waals surface area contributed by atoms with Crippen LogP contribution in [-0.4, -0.2) is 28.9 Å². The number of hydrogen-bond acceptors (Lipinski definition) is 7. The summed E-state index contributed by atoms with van der Waals surface area (Å²) in [5.41, 5.74) is 2.31. The SMILES string of the molecule is COc1ccccc1C(=O)Nc1nc(C)c(-c2csc(NC(=O)c3ccc(Cl)cc3)n2)s1. The van der Waals surface area contributed by atoms with Crippen molar-refractivity contribution in [3.63, 3.8) is 0 Å². The highest BCUT2D eigenvalue weighted by Gasteiger charge is 2.18. The summed E-state index contributed by atoms with van der Waals surface area (Å²) >= 11 is 8.49. The van der Waals surface area contributed by atoms with Gasteiger partial charge in [0.15, 0.2) is 10.3 Å². The van der Waals surface area contributed by atoms with Crippen LogP contribution in [0.1, 0.15) is 26.4 Å². The molecule has 0 bridgehead atoms. The number of carbonyl (C=O) groups excluding carboxylic acids is 2. The number of aromatic nitrogens is 2. The lowest BCUT2D eigenvalue weighted by atomic mass is 10.2. The van der Waals surface area contributed by atoms with Crippen LogP contribution in [0.4, 0.5) is 10.3 Å². The van der Waals surface area contributed by atoms with Crippen molar-refractivity contribution in [2.75, 3.05) is 17.7 Å². The number of carbonyl (C=O) groups is 2. The van der Waals surface area contributed by atoms with Gasteiger partial charge in [0.2, 0.25) is 0 Å². The summed E-state index contributed by atoms with van der Waals surface area (Å²) in [5.74, 6) is -0.0932. The fourth-order valence-corrected chi connectivity index (χ4v) is 4.71. The van der Waals surface area contributed by atoms with Crippen molar-refractivity contribution in [2.24, 2.45) is 0 Å². The second-order valence-corrected chi connectivity index (χ2v) is 8.88. The molecule has 0 aliphatic carbocycles. The Morgan fingerprint density at radius 2 is 1.69 bits per heavy atom. The molecule has 0 atom stereocenters. The first-order valence-electron chi connectivity index (χ1n) is 9.39. The zero-order chi connectivity index (χ0) is 22.7. The van der Waals surface area contributed by atoms with Gasteiger partial charge in [-0.25, -0.2) is 9.97 Å². The Morgan fingerprint density at radius 3 is 2.44 bits per heavy atom. The molecule has 162 valence electrons. The van der Waals surface area contributed by atoms with E-state index in [1.165, 1.54) is 29.8 Å². The Morgan fingerprint density at radius 1 is 0.969 bits per heavy atom. The molecule has 2 N–H and O–H groups in total. The smallest absolute Gasteiger partial charge is 0.261 e. The molecule has 0 unspecified atom stereocenters. The van der Waals surface area contributed by atoms with Crippen LogP contribution >= 0.6 is 34.3 Å². The summed E-state index contributed by atoms with van der Waals surface area (Å²) in [6.07, 6.45) is 0. The molecular weight excluding hydrogens is 468 g/mol. The van der Waals surface area contributed by atoms with Gasteiger partial charge in [0.1, 0.15) is 5.75 Å². The third-order valence-corrected chi connectivity index (χ3v) is 6.54. The number of benzene rings is 2. The molecule has 2 amide bonds. The predicted octanol–water partition coefficient (Wildman–Crippen LogP) is 5.74. The molecule has 0 aliphatic heterocycles. The number of rotatable bonds is 6. The van der Waals surface area contributed by atoms with Gasteiger partial charge < -0.3 is 4.74 Å². The molecule has 0 saturated carbocycles. The lowest BCUT2D eigenvalue weighted by Crippen LogP contribution is -2.12. The highest BCUT2D eigenvalue weighted by Crippen LogP contribution is 2.35. The van der Waals surface area contributed by atoms with Crippen molar-refractivity contribution in [1.29, 1.82) is 0 Å². The highest BCUT2D eigenvalue weighted by atomic mass is 35.5. The number of hydrogen-bond donors (Lipinski definition) is 2. The average Bonchev–Trinajstić information content (AvgIpc) is 3.40. The minimum Gasteiger partial charge on any atom is -0.496 e. The largest absolute Gasteiger partial charge is 0.496 e. The molecule has 0 fully saturated rings. The first kappa shape index (κ1) is 21.9. The van der Waals surface area contributed by atoms with E-state index < -0.39 is 0 Å². The summed E-state index contributed by atoms with van der Waals surface area (Å²) in [6, 6.07) is 13.6. The van der Waals surface area contributed by atoms with E-state index in [4.69, 9.17) is 16.3 Å². The van der Waals surface area contributed by atoms with Gasteiger partial charge in [0, 0.05) is 16.0 Å². The van der Waals surface area contributed by atoms with E-state index >= 15 is 0 Å². The molecule has 2 aromatic heterocycles. The number of anilines is 2. The summed E-state index contributed by atoms with van der Waals surface area (Å²) in [6.45, 7) is 1.84. The van der Waals surface area contributed by atoms with Gasteiger partial charge in [0.05, 0.1) is 28.9 Å². The van der Waals surface area contributed by atoms with Gasteiger partial charge in [-0.3, -0.25) is 20.2 Å². The second kappa shape index (κ2) is 9.47. The number of nitrogens with zero attached hydrogens (tertiary/aromatic N) is 2. The zero-order valence-electron chi connectivity index (χ0n) is 17.0. The zero-order valence-corrected chi connectivity index (χ0v) is 19.4. The molecule has 10 heteroatoms. The quantitative estimate of drug-likeness (QED) is 0.364. The molecule has 4 aromatic rings. The summed E-state index contributed by atoms with van der Waals surface area (Å²) in [5, 5.41) is 8.92. The van der Waals surface area contributed by atoms with E-state index in [-0.39, 0.29) is 11.8 Å². The molecular formula is C22H17ClN4O3S2. The number of amides is 2. The molecule has 7 nitrogen and oxygen atoms in total. The van der Waals surface area contributed by atoms with Crippen LogP contribution in [0.15, 0.2) is 53.9 Å². The van der Waals surface area contributed by atoms with Crippen molar-refractivity contribution in [1.82, 2.24) is 9.97 Å². The molecule has 2 aromatic carbocycles. The fourth-order valence-electron chi connectivity index (χ4n) is 2.89. The van der Waals surface area contributed by atoms with E-state index in [0.717, 1.165) is 10.6 Å². The Balaban J connectivity index is 1.48. The van der Waals surface area contributed by atoms with Crippen molar-refractivity contribution < 1.29 is 14.3 Å². The fraction of sp³-hybridized carbons (Fsp3) is 0.0909. The lowest BCUT2D eigenvalue weighted by Gasteiger charge is -2.06. The standard InChI is InChI=1S/C22H17ClN4O3S2/c1-12-18(32-22(24-12)27-20(29)15-5-3-4-6-17(15)30-2)16-11-31-21(25-16)26-19(28)13-7-9-14(23)10-8-13/h3-11H,1-2H3,(H,24,27,29)(H,25,26,28). The summed E-state index contributed by atoms with van der Waals surface area (Å²) < 4.78 is 5.25. The van der Waals surface area contributed by atoms with E-state index in [2.05, 4.69) is 20.6 Å². The van der Waals surface area contributed by atoms with Gasteiger partial charge in [-0.1, -0.05) is 35.1 Å². The predicted molar refractivity (Wildman–Crippen MR) is 128 cm³/mol. The average molecular weight is 485 g/mol. The van der Waals surface area contributed by atoms with Crippen molar-refractivity contribution in [3.8, 4) is 16.3 Å². The van der Waals surface area contributed by atoms with Crippen LogP contribution in [0.25, 0.3) is 10.6 Å². The van der Waals surface area contributed by atoms with E-state index in [1.807, 2.05) is 12.3 Å². The molecule has 0 spiro atoms. The van der Waals surface area contributed by atoms with Crippen LogP contribution in [0.3, 0.4) is 0 Å². The number of nitrogens with one attached hydrogen (secondary N) is 2. The van der Waals surface area contributed by atoms with Crippen LogP contribution in [0, 0.1) is 6.92 Å². The normalized spacial score (nSPS) is 10.6. The van der Waals surface area contributed by atoms with Crippen molar-refractivity contribution >= 4 is 56.4 Å². The monoisotopic (exact) mass is 484 g/mol. The maximum Gasteiger partial charge on any atom is 0.261 e.